The molecule has 1 aromatic rings. The van der Waals surface area contributed by atoms with Crippen LogP contribution in [0, 0.1) is 5.92 Å². The molecule has 1 aromatic carbocycles. The quantitative estimate of drug-likeness (QED) is 0.171. The maximum Gasteiger partial charge on any atom is 0.305 e. The van der Waals surface area contributed by atoms with Crippen molar-refractivity contribution < 1.29 is 33.8 Å². The van der Waals surface area contributed by atoms with Crippen molar-refractivity contribution in [2.24, 2.45) is 11.7 Å². The Morgan fingerprint density at radius 3 is 2.55 bits per heavy atom. The molecule has 1 amide bonds. The van der Waals surface area contributed by atoms with Crippen LogP contribution in [0.25, 0.3) is 0 Å². The number of anilines is 1. The number of nitrogens with one attached hydrogen (secondary N) is 1. The topological polar surface area (TPSA) is 153 Å². The van der Waals surface area contributed by atoms with Gasteiger partial charge in [0, 0.05) is 35.4 Å². The Balaban J connectivity index is 2.86. The number of hydrogen-bond acceptors (Lipinski definition) is 7. The van der Waals surface area contributed by atoms with Crippen molar-refractivity contribution in [3.63, 3.8) is 0 Å². The van der Waals surface area contributed by atoms with Crippen molar-refractivity contribution >= 4 is 35.9 Å². The Bertz CT molecular complexity index is 789. The van der Waals surface area contributed by atoms with E-state index in [0.29, 0.717) is 24.8 Å². The van der Waals surface area contributed by atoms with Crippen LogP contribution < -0.4 is 11.1 Å². The first-order valence-corrected chi connectivity index (χ1v) is 8.90. The lowest BCUT2D eigenvalue weighted by Gasteiger charge is -2.16. The highest BCUT2D eigenvalue weighted by Crippen LogP contribution is 2.23. The Kier molecular flexibility index (Phi) is 9.97. The molecule has 1 unspecified atom stereocenters. The lowest BCUT2D eigenvalue weighted by atomic mass is 9.87. The highest BCUT2D eigenvalue weighted by atomic mass is 16.5. The van der Waals surface area contributed by atoms with Crippen molar-refractivity contribution in [3.05, 3.63) is 41.5 Å². The zero-order valence-corrected chi connectivity index (χ0v) is 15.9. The van der Waals surface area contributed by atoms with Crippen LogP contribution in [0.5, 0.6) is 0 Å². The molecule has 0 heterocycles. The highest BCUT2D eigenvalue weighted by molar-refractivity contribution is 6.15. The van der Waals surface area contributed by atoms with E-state index in [1.807, 2.05) is 0 Å². The number of carboxylic acids is 1. The van der Waals surface area contributed by atoms with Gasteiger partial charge in [0.05, 0.1) is 25.6 Å². The summed E-state index contributed by atoms with van der Waals surface area (Å²) in [5.41, 5.74) is 5.94. The second kappa shape index (κ2) is 12.2. The number of primary amides is 1. The minimum Gasteiger partial charge on any atom is -0.481 e. The molecule has 0 bridgehead atoms. The summed E-state index contributed by atoms with van der Waals surface area (Å²) < 4.78 is 5.16. The van der Waals surface area contributed by atoms with Crippen LogP contribution in [0.2, 0.25) is 0 Å². The maximum atomic E-state index is 12.8. The SMILES string of the molecule is C=C(C(=O)c1cc(NCCOCCC(=O)O)ccc1C=O)C(CCC=O)C(N)=O. The minimum absolute atomic E-state index is 0.0456. The number of carbonyl (C=O) groups is 5. The average Bonchev–Trinajstić information content (AvgIpc) is 2.69. The highest BCUT2D eigenvalue weighted by Gasteiger charge is 2.26. The van der Waals surface area contributed by atoms with E-state index in [4.69, 9.17) is 15.6 Å². The molecule has 1 atom stereocenters. The van der Waals surface area contributed by atoms with Gasteiger partial charge in [0.25, 0.3) is 0 Å². The molecule has 0 radical (unpaired) electrons. The third-order valence-corrected chi connectivity index (χ3v) is 4.09. The van der Waals surface area contributed by atoms with Gasteiger partial charge >= 0.3 is 5.97 Å². The molecule has 0 saturated heterocycles. The molecular formula is C20H24N2O7. The number of aldehydes is 2. The van der Waals surface area contributed by atoms with Crippen LogP contribution in [0.15, 0.2) is 30.4 Å². The number of amides is 1. The van der Waals surface area contributed by atoms with Crippen LogP contribution in [-0.4, -0.2) is 55.1 Å². The van der Waals surface area contributed by atoms with E-state index in [1.165, 1.54) is 12.1 Å². The zero-order chi connectivity index (χ0) is 21.8. The fourth-order valence-corrected chi connectivity index (χ4v) is 2.55. The van der Waals surface area contributed by atoms with Gasteiger partial charge in [-0.2, -0.15) is 0 Å². The van der Waals surface area contributed by atoms with Crippen LogP contribution in [0.3, 0.4) is 0 Å². The van der Waals surface area contributed by atoms with Crippen molar-refractivity contribution in [1.82, 2.24) is 0 Å². The molecule has 0 fully saturated rings. The number of ketones is 1. The predicted molar refractivity (Wildman–Crippen MR) is 105 cm³/mol. The van der Waals surface area contributed by atoms with Gasteiger partial charge in [0.1, 0.15) is 6.29 Å². The molecule has 4 N–H and O–H groups in total. The summed E-state index contributed by atoms with van der Waals surface area (Å²) in [6.45, 7) is 4.32. The largest absolute Gasteiger partial charge is 0.481 e. The number of hydrogen-bond donors (Lipinski definition) is 3. The molecule has 0 saturated carbocycles. The van der Waals surface area contributed by atoms with Gasteiger partial charge in [-0.3, -0.25) is 19.2 Å². The van der Waals surface area contributed by atoms with Crippen molar-refractivity contribution in [2.45, 2.75) is 19.3 Å². The van der Waals surface area contributed by atoms with E-state index in [2.05, 4.69) is 11.9 Å². The molecule has 0 spiro atoms. The molecule has 0 aromatic heterocycles. The summed E-state index contributed by atoms with van der Waals surface area (Å²) in [7, 11) is 0. The van der Waals surface area contributed by atoms with Gasteiger partial charge in [0.2, 0.25) is 5.91 Å². The molecular weight excluding hydrogens is 380 g/mol. The van der Waals surface area contributed by atoms with Gasteiger partial charge < -0.3 is 25.7 Å². The molecule has 156 valence electrons. The van der Waals surface area contributed by atoms with E-state index < -0.39 is 23.6 Å². The number of ether oxygens (including phenoxy) is 1. The van der Waals surface area contributed by atoms with Gasteiger partial charge in [-0.1, -0.05) is 6.58 Å². The lowest BCUT2D eigenvalue weighted by Crippen LogP contribution is -2.28. The van der Waals surface area contributed by atoms with E-state index in [1.54, 1.807) is 6.07 Å². The number of carboxylic acid groups (broad SMARTS) is 1. The van der Waals surface area contributed by atoms with E-state index in [-0.39, 0.29) is 49.2 Å². The zero-order valence-electron chi connectivity index (χ0n) is 15.9. The lowest BCUT2D eigenvalue weighted by molar-refractivity contribution is -0.138. The Morgan fingerprint density at radius 1 is 1.24 bits per heavy atom. The fraction of sp³-hybridized carbons (Fsp3) is 0.350. The van der Waals surface area contributed by atoms with E-state index in [0.717, 1.165) is 0 Å². The number of Topliss-reactive ketones (excluding diaryl/α,β-unsaturated/α-hetero) is 1. The molecule has 0 aliphatic rings. The summed E-state index contributed by atoms with van der Waals surface area (Å²) in [4.78, 5) is 56.7. The molecule has 1 rings (SSSR count). The number of benzene rings is 1. The normalized spacial score (nSPS) is 11.3. The Morgan fingerprint density at radius 2 is 1.97 bits per heavy atom. The van der Waals surface area contributed by atoms with Gasteiger partial charge in [0.15, 0.2) is 12.1 Å². The minimum atomic E-state index is -1.01. The summed E-state index contributed by atoms with van der Waals surface area (Å²) in [6, 6.07) is 4.50. The van der Waals surface area contributed by atoms with Gasteiger partial charge in [-0.25, -0.2) is 0 Å². The molecule has 9 heteroatoms. The van der Waals surface area contributed by atoms with E-state index >= 15 is 0 Å². The molecule has 0 aliphatic heterocycles. The van der Waals surface area contributed by atoms with Crippen LogP contribution in [-0.2, 0) is 19.1 Å². The first-order valence-electron chi connectivity index (χ1n) is 8.90. The summed E-state index contributed by atoms with van der Waals surface area (Å²) in [5.74, 6) is -3.34. The first-order chi connectivity index (χ1) is 13.8. The average molecular weight is 404 g/mol. The monoisotopic (exact) mass is 404 g/mol. The second-order valence-electron chi connectivity index (χ2n) is 6.16. The standard InChI is InChI=1S/C20H24N2O7/c1-13(16(20(21)28)3-2-8-23)19(27)17-11-15(5-4-14(17)12-24)22-7-10-29-9-6-18(25)26/h4-5,8,11-12,16,22H,1-3,6-7,9-10H2,(H2,21,28)(H,25,26). The number of aliphatic carboxylic acids is 1. The first kappa shape index (κ1) is 23.7. The maximum absolute atomic E-state index is 12.8. The fourth-order valence-electron chi connectivity index (χ4n) is 2.55. The smallest absolute Gasteiger partial charge is 0.305 e. The molecule has 0 aliphatic carbocycles. The number of nitrogens with two attached hydrogens (primary N) is 1. The van der Waals surface area contributed by atoms with Crippen molar-refractivity contribution in [2.75, 3.05) is 25.1 Å². The van der Waals surface area contributed by atoms with E-state index in [9.17, 15) is 24.0 Å². The third kappa shape index (κ3) is 7.67. The summed E-state index contributed by atoms with van der Waals surface area (Å²) in [5, 5.41) is 11.5. The van der Waals surface area contributed by atoms with Crippen LogP contribution in [0.1, 0.15) is 40.0 Å². The van der Waals surface area contributed by atoms with Crippen molar-refractivity contribution in [3.8, 4) is 0 Å². The molecule has 9 nitrogen and oxygen atoms in total. The van der Waals surface area contributed by atoms with Crippen LogP contribution in [0.4, 0.5) is 5.69 Å². The van der Waals surface area contributed by atoms with Gasteiger partial charge in [-0.05, 0) is 24.6 Å². The summed E-state index contributed by atoms with van der Waals surface area (Å²) in [6.07, 6.45) is 1.15. The Labute approximate surface area is 167 Å². The number of rotatable bonds is 15. The third-order valence-electron chi connectivity index (χ3n) is 4.09. The number of carbonyl (C=O) groups excluding carboxylic acids is 4. The van der Waals surface area contributed by atoms with Crippen molar-refractivity contribution in [1.29, 1.82) is 0 Å². The Hall–Kier alpha value is -3.33. The molecule has 29 heavy (non-hydrogen) atoms. The van der Waals surface area contributed by atoms with Crippen LogP contribution >= 0.6 is 0 Å². The van der Waals surface area contributed by atoms with Gasteiger partial charge in [-0.15, -0.1) is 0 Å². The second-order valence-corrected chi connectivity index (χ2v) is 6.16. The predicted octanol–water partition coefficient (Wildman–Crippen LogP) is 1.22. The summed E-state index contributed by atoms with van der Waals surface area (Å²) >= 11 is 0.